The zero-order chi connectivity index (χ0) is 13.9. The van der Waals surface area contributed by atoms with Gasteiger partial charge in [0.2, 0.25) is 0 Å². The SMILES string of the molecule is CC(C)(C#N)CCNc1ccc(Cl)c2cccnc12. The largest absolute Gasteiger partial charge is 0.383 e. The molecule has 0 saturated carbocycles. The van der Waals surface area contributed by atoms with Crippen molar-refractivity contribution in [1.82, 2.24) is 4.98 Å². The van der Waals surface area contributed by atoms with Crippen molar-refractivity contribution < 1.29 is 0 Å². The van der Waals surface area contributed by atoms with Gasteiger partial charge in [-0.3, -0.25) is 4.98 Å². The summed E-state index contributed by atoms with van der Waals surface area (Å²) in [5.41, 5.74) is 1.50. The zero-order valence-corrected chi connectivity index (χ0v) is 11.8. The molecule has 0 aliphatic rings. The first-order valence-electron chi connectivity index (χ1n) is 6.22. The second kappa shape index (κ2) is 5.46. The molecular weight excluding hydrogens is 258 g/mol. The molecule has 0 spiro atoms. The topological polar surface area (TPSA) is 48.7 Å². The summed E-state index contributed by atoms with van der Waals surface area (Å²) in [7, 11) is 0. The molecule has 19 heavy (non-hydrogen) atoms. The normalized spacial score (nSPS) is 11.3. The Labute approximate surface area is 118 Å². The summed E-state index contributed by atoms with van der Waals surface area (Å²) in [6.07, 6.45) is 2.53. The number of nitrogens with one attached hydrogen (secondary N) is 1. The van der Waals surface area contributed by atoms with E-state index in [1.54, 1.807) is 6.20 Å². The molecule has 0 amide bonds. The summed E-state index contributed by atoms with van der Waals surface area (Å²) in [4.78, 5) is 4.37. The number of hydrogen-bond acceptors (Lipinski definition) is 3. The zero-order valence-electron chi connectivity index (χ0n) is 11.1. The van der Waals surface area contributed by atoms with E-state index in [-0.39, 0.29) is 5.41 Å². The number of hydrogen-bond donors (Lipinski definition) is 1. The highest BCUT2D eigenvalue weighted by Crippen LogP contribution is 2.28. The predicted molar refractivity (Wildman–Crippen MR) is 79.3 cm³/mol. The van der Waals surface area contributed by atoms with E-state index in [0.29, 0.717) is 5.02 Å². The predicted octanol–water partition coefficient (Wildman–Crippen LogP) is 4.24. The lowest BCUT2D eigenvalue weighted by Gasteiger charge is -2.16. The highest BCUT2D eigenvalue weighted by Gasteiger charge is 2.16. The Bertz CT molecular complexity index is 629. The molecule has 1 heterocycles. The lowest BCUT2D eigenvalue weighted by atomic mass is 9.91. The molecule has 0 atom stereocenters. The number of benzene rings is 1. The second-order valence-electron chi connectivity index (χ2n) is 5.17. The maximum absolute atomic E-state index is 8.99. The lowest BCUT2D eigenvalue weighted by molar-refractivity contribution is 0.466. The van der Waals surface area contributed by atoms with Gasteiger partial charge in [0.15, 0.2) is 0 Å². The Balaban J connectivity index is 2.18. The highest BCUT2D eigenvalue weighted by molar-refractivity contribution is 6.35. The van der Waals surface area contributed by atoms with E-state index in [1.807, 2.05) is 38.1 Å². The van der Waals surface area contributed by atoms with E-state index >= 15 is 0 Å². The fourth-order valence-electron chi connectivity index (χ4n) is 1.85. The van der Waals surface area contributed by atoms with E-state index in [4.69, 9.17) is 16.9 Å². The molecule has 0 aliphatic carbocycles. The van der Waals surface area contributed by atoms with Crippen molar-refractivity contribution >= 4 is 28.2 Å². The van der Waals surface area contributed by atoms with Crippen LogP contribution in [0.3, 0.4) is 0 Å². The molecule has 0 unspecified atom stereocenters. The Kier molecular flexibility index (Phi) is 3.92. The first kappa shape index (κ1) is 13.6. The maximum Gasteiger partial charge on any atom is 0.0948 e. The van der Waals surface area contributed by atoms with Gasteiger partial charge in [-0.2, -0.15) is 5.26 Å². The number of fused-ring (bicyclic) bond motifs is 1. The van der Waals surface area contributed by atoms with Gasteiger partial charge in [0, 0.05) is 18.1 Å². The van der Waals surface area contributed by atoms with Crippen LogP contribution in [-0.4, -0.2) is 11.5 Å². The van der Waals surface area contributed by atoms with Gasteiger partial charge in [0.1, 0.15) is 0 Å². The van der Waals surface area contributed by atoms with Crippen molar-refractivity contribution in [1.29, 1.82) is 5.26 Å². The highest BCUT2D eigenvalue weighted by atomic mass is 35.5. The standard InChI is InChI=1S/C15H16ClN3/c1-15(2,10-17)7-9-18-13-6-5-12(16)11-4-3-8-19-14(11)13/h3-6,8,18H,7,9H2,1-2H3. The van der Waals surface area contributed by atoms with E-state index in [0.717, 1.165) is 29.6 Å². The van der Waals surface area contributed by atoms with Crippen LogP contribution >= 0.6 is 11.6 Å². The number of aromatic nitrogens is 1. The molecule has 2 aromatic rings. The summed E-state index contributed by atoms with van der Waals surface area (Å²) in [6, 6.07) is 9.91. The van der Waals surface area contributed by atoms with Crippen molar-refractivity contribution in [2.45, 2.75) is 20.3 Å². The van der Waals surface area contributed by atoms with Gasteiger partial charge in [-0.25, -0.2) is 0 Å². The van der Waals surface area contributed by atoms with Crippen molar-refractivity contribution in [2.24, 2.45) is 5.41 Å². The van der Waals surface area contributed by atoms with Crippen molar-refractivity contribution in [2.75, 3.05) is 11.9 Å². The third-order valence-corrected chi connectivity index (χ3v) is 3.41. The molecule has 2 rings (SSSR count). The summed E-state index contributed by atoms with van der Waals surface area (Å²) >= 11 is 6.15. The first-order valence-corrected chi connectivity index (χ1v) is 6.60. The van der Waals surface area contributed by atoms with E-state index in [9.17, 15) is 0 Å². The van der Waals surface area contributed by atoms with Gasteiger partial charge in [-0.05, 0) is 44.5 Å². The number of rotatable bonds is 4. The van der Waals surface area contributed by atoms with Crippen LogP contribution in [0.1, 0.15) is 20.3 Å². The number of halogens is 1. The van der Waals surface area contributed by atoms with Crippen LogP contribution in [0.4, 0.5) is 5.69 Å². The minimum absolute atomic E-state index is 0.317. The van der Waals surface area contributed by atoms with Crippen LogP contribution in [0.15, 0.2) is 30.5 Å². The molecule has 0 aliphatic heterocycles. The maximum atomic E-state index is 8.99. The average Bonchev–Trinajstić information content (AvgIpc) is 2.42. The Morgan fingerprint density at radius 2 is 2.16 bits per heavy atom. The molecule has 98 valence electrons. The second-order valence-corrected chi connectivity index (χ2v) is 5.57. The van der Waals surface area contributed by atoms with E-state index < -0.39 is 0 Å². The van der Waals surface area contributed by atoms with Gasteiger partial charge in [-0.1, -0.05) is 11.6 Å². The molecule has 3 nitrogen and oxygen atoms in total. The summed E-state index contributed by atoms with van der Waals surface area (Å²) in [5, 5.41) is 14.0. The van der Waals surface area contributed by atoms with Crippen molar-refractivity contribution in [3.63, 3.8) is 0 Å². The molecule has 1 N–H and O–H groups in total. The summed E-state index contributed by atoms with van der Waals surface area (Å²) < 4.78 is 0. The van der Waals surface area contributed by atoms with E-state index in [1.165, 1.54) is 0 Å². The minimum atomic E-state index is -0.317. The molecule has 0 saturated heterocycles. The molecule has 0 radical (unpaired) electrons. The van der Waals surface area contributed by atoms with Crippen molar-refractivity contribution in [3.8, 4) is 6.07 Å². The smallest absolute Gasteiger partial charge is 0.0948 e. The number of nitriles is 1. The Morgan fingerprint density at radius 3 is 2.89 bits per heavy atom. The molecule has 0 bridgehead atoms. The van der Waals surface area contributed by atoms with Gasteiger partial charge in [0.05, 0.1) is 27.7 Å². The number of anilines is 1. The van der Waals surface area contributed by atoms with Crippen LogP contribution in [-0.2, 0) is 0 Å². The lowest BCUT2D eigenvalue weighted by Crippen LogP contribution is -2.14. The van der Waals surface area contributed by atoms with Crippen LogP contribution in [0, 0.1) is 16.7 Å². The summed E-state index contributed by atoms with van der Waals surface area (Å²) in [6.45, 7) is 4.60. The van der Waals surface area contributed by atoms with E-state index in [2.05, 4.69) is 16.4 Å². The van der Waals surface area contributed by atoms with Gasteiger partial charge in [0.25, 0.3) is 0 Å². The molecule has 1 aromatic heterocycles. The van der Waals surface area contributed by atoms with Crippen molar-refractivity contribution in [3.05, 3.63) is 35.5 Å². The third-order valence-electron chi connectivity index (χ3n) is 3.08. The molecule has 0 fully saturated rings. The fraction of sp³-hybridized carbons (Fsp3) is 0.333. The van der Waals surface area contributed by atoms with Crippen LogP contribution in [0.25, 0.3) is 10.9 Å². The number of nitrogens with zero attached hydrogens (tertiary/aromatic N) is 2. The van der Waals surface area contributed by atoms with Gasteiger partial charge >= 0.3 is 0 Å². The molecule has 4 heteroatoms. The third kappa shape index (κ3) is 3.15. The van der Waals surface area contributed by atoms with Crippen LogP contribution in [0.2, 0.25) is 5.02 Å². The molecule has 1 aromatic carbocycles. The monoisotopic (exact) mass is 273 g/mol. The van der Waals surface area contributed by atoms with Gasteiger partial charge in [-0.15, -0.1) is 0 Å². The Hall–Kier alpha value is -1.79. The Morgan fingerprint density at radius 1 is 1.37 bits per heavy atom. The summed E-state index contributed by atoms with van der Waals surface area (Å²) in [5.74, 6) is 0. The van der Waals surface area contributed by atoms with Crippen LogP contribution < -0.4 is 5.32 Å². The minimum Gasteiger partial charge on any atom is -0.383 e. The van der Waals surface area contributed by atoms with Crippen LogP contribution in [0.5, 0.6) is 0 Å². The fourth-order valence-corrected chi connectivity index (χ4v) is 2.06. The first-order chi connectivity index (χ1) is 9.03. The number of pyridine rings is 1. The average molecular weight is 274 g/mol. The molecular formula is C15H16ClN3. The van der Waals surface area contributed by atoms with Gasteiger partial charge < -0.3 is 5.32 Å². The quantitative estimate of drug-likeness (QED) is 0.906.